The quantitative estimate of drug-likeness (QED) is 0.754. The summed E-state index contributed by atoms with van der Waals surface area (Å²) in [6, 6.07) is 0. The molecule has 0 saturated carbocycles. The van der Waals surface area contributed by atoms with Crippen LogP contribution in [-0.4, -0.2) is 41.7 Å². The van der Waals surface area contributed by atoms with Gasteiger partial charge in [-0.25, -0.2) is 8.42 Å². The number of hydrogen-bond acceptors (Lipinski definition) is 4. The van der Waals surface area contributed by atoms with E-state index in [0.717, 1.165) is 0 Å². The third-order valence-corrected chi connectivity index (χ3v) is 5.28. The van der Waals surface area contributed by atoms with Gasteiger partial charge in [-0.15, -0.1) is 0 Å². The molecule has 0 aromatic heterocycles. The molecule has 0 aromatic carbocycles. The second-order valence-electron chi connectivity index (χ2n) is 4.76. The summed E-state index contributed by atoms with van der Waals surface area (Å²) in [6.45, 7) is 3.24. The van der Waals surface area contributed by atoms with Crippen molar-refractivity contribution in [1.29, 1.82) is 0 Å². The summed E-state index contributed by atoms with van der Waals surface area (Å²) >= 11 is 0. The third kappa shape index (κ3) is 2.08. The lowest BCUT2D eigenvalue weighted by atomic mass is 9.70. The predicted octanol–water partition coefficient (Wildman–Crippen LogP) is 0.427. The van der Waals surface area contributed by atoms with Crippen LogP contribution in [0.3, 0.4) is 0 Å². The molecule has 0 spiro atoms. The van der Waals surface area contributed by atoms with Gasteiger partial charge in [0, 0.05) is 0 Å². The molecule has 0 aromatic rings. The Bertz CT molecular complexity index is 388. The molecular weight excluding hydrogens is 232 g/mol. The summed E-state index contributed by atoms with van der Waals surface area (Å²) in [5.74, 6) is -1.70. The van der Waals surface area contributed by atoms with Gasteiger partial charge in [-0.3, -0.25) is 4.79 Å². The van der Waals surface area contributed by atoms with E-state index in [-0.39, 0.29) is 18.6 Å². The largest absolute Gasteiger partial charge is 0.481 e. The van der Waals surface area contributed by atoms with E-state index < -0.39 is 32.6 Å². The highest BCUT2D eigenvalue weighted by Gasteiger charge is 2.57. The topological polar surface area (TPSA) is 91.7 Å². The molecule has 2 atom stereocenters. The highest BCUT2D eigenvalue weighted by molar-refractivity contribution is 7.91. The number of carbonyl (C=O) groups is 1. The molecule has 2 unspecified atom stereocenters. The van der Waals surface area contributed by atoms with Crippen LogP contribution >= 0.6 is 0 Å². The van der Waals surface area contributed by atoms with Crippen LogP contribution in [0.25, 0.3) is 0 Å². The Kier molecular flexibility index (Phi) is 3.36. The van der Waals surface area contributed by atoms with E-state index in [0.29, 0.717) is 6.42 Å². The van der Waals surface area contributed by atoms with Crippen molar-refractivity contribution in [3.05, 3.63) is 0 Å². The normalized spacial score (nSPS) is 32.2. The van der Waals surface area contributed by atoms with Crippen LogP contribution in [-0.2, 0) is 14.6 Å². The smallest absolute Gasteiger partial charge is 0.312 e. The Morgan fingerprint density at radius 1 is 1.50 bits per heavy atom. The van der Waals surface area contributed by atoms with Gasteiger partial charge in [-0.2, -0.15) is 0 Å². The minimum atomic E-state index is -3.30. The summed E-state index contributed by atoms with van der Waals surface area (Å²) in [6.07, 6.45) is 0.873. The van der Waals surface area contributed by atoms with Gasteiger partial charge in [0.15, 0.2) is 9.84 Å². The third-order valence-electron chi connectivity index (χ3n) is 3.53. The molecule has 1 saturated heterocycles. The molecule has 1 aliphatic rings. The number of sulfone groups is 1. The van der Waals surface area contributed by atoms with Gasteiger partial charge in [-0.05, 0) is 19.8 Å². The Hall–Kier alpha value is -0.620. The van der Waals surface area contributed by atoms with E-state index in [1.165, 1.54) is 6.92 Å². The van der Waals surface area contributed by atoms with Gasteiger partial charge < -0.3 is 10.2 Å². The molecule has 1 heterocycles. The van der Waals surface area contributed by atoms with Crippen molar-refractivity contribution in [2.45, 2.75) is 38.7 Å². The van der Waals surface area contributed by atoms with Gasteiger partial charge in [-0.1, -0.05) is 13.3 Å². The predicted molar refractivity (Wildman–Crippen MR) is 58.9 cm³/mol. The van der Waals surface area contributed by atoms with Gasteiger partial charge in [0.1, 0.15) is 0 Å². The van der Waals surface area contributed by atoms with E-state index in [1.54, 1.807) is 0 Å². The van der Waals surface area contributed by atoms with Crippen LogP contribution < -0.4 is 0 Å². The average molecular weight is 250 g/mol. The van der Waals surface area contributed by atoms with Gasteiger partial charge in [0.05, 0.1) is 22.5 Å². The molecule has 2 N–H and O–H groups in total. The van der Waals surface area contributed by atoms with Crippen molar-refractivity contribution in [1.82, 2.24) is 0 Å². The van der Waals surface area contributed by atoms with Crippen LogP contribution in [0.4, 0.5) is 0 Å². The number of carboxylic acid groups (broad SMARTS) is 1. The molecule has 16 heavy (non-hydrogen) atoms. The zero-order chi connectivity index (χ0) is 12.6. The molecule has 1 aliphatic heterocycles. The standard InChI is InChI=1S/C10H18O5S/c1-3-4-9(2,8(11)12)10(13)5-6-16(14,15)7-10/h13H,3-7H2,1-2H3,(H,11,12). The molecule has 94 valence electrons. The number of aliphatic hydroxyl groups is 1. The molecule has 6 heteroatoms. The number of aliphatic carboxylic acids is 1. The fourth-order valence-corrected chi connectivity index (χ4v) is 4.29. The molecule has 1 rings (SSSR count). The first kappa shape index (κ1) is 13.4. The Balaban J connectivity index is 3.09. The van der Waals surface area contributed by atoms with Crippen molar-refractivity contribution < 1.29 is 23.4 Å². The summed E-state index contributed by atoms with van der Waals surface area (Å²) < 4.78 is 22.7. The van der Waals surface area contributed by atoms with Crippen LogP contribution in [0, 0.1) is 5.41 Å². The second kappa shape index (κ2) is 4.00. The Labute approximate surface area is 95.4 Å². The van der Waals surface area contributed by atoms with Crippen molar-refractivity contribution >= 4 is 15.8 Å². The van der Waals surface area contributed by atoms with E-state index in [2.05, 4.69) is 0 Å². The molecule has 0 amide bonds. The lowest BCUT2D eigenvalue weighted by molar-refractivity contribution is -0.165. The SMILES string of the molecule is CCCC(C)(C(=O)O)C1(O)CCS(=O)(=O)C1. The van der Waals surface area contributed by atoms with Gasteiger partial charge in [0.2, 0.25) is 0 Å². The number of rotatable bonds is 4. The van der Waals surface area contributed by atoms with E-state index in [1.807, 2.05) is 6.92 Å². The van der Waals surface area contributed by atoms with Crippen molar-refractivity contribution in [2.75, 3.05) is 11.5 Å². The second-order valence-corrected chi connectivity index (χ2v) is 6.94. The lowest BCUT2D eigenvalue weighted by Gasteiger charge is -2.38. The molecular formula is C10H18O5S. The first-order valence-electron chi connectivity index (χ1n) is 5.33. The van der Waals surface area contributed by atoms with E-state index in [9.17, 15) is 23.4 Å². The summed E-state index contributed by atoms with van der Waals surface area (Å²) in [5, 5.41) is 19.5. The zero-order valence-electron chi connectivity index (χ0n) is 9.56. The van der Waals surface area contributed by atoms with Crippen LogP contribution in [0.15, 0.2) is 0 Å². The average Bonchev–Trinajstić information content (AvgIpc) is 2.42. The highest BCUT2D eigenvalue weighted by atomic mass is 32.2. The van der Waals surface area contributed by atoms with Crippen LogP contribution in [0.5, 0.6) is 0 Å². The van der Waals surface area contributed by atoms with Crippen LogP contribution in [0.1, 0.15) is 33.1 Å². The Morgan fingerprint density at radius 3 is 2.38 bits per heavy atom. The van der Waals surface area contributed by atoms with Crippen molar-refractivity contribution in [3.63, 3.8) is 0 Å². The summed E-state index contributed by atoms with van der Waals surface area (Å²) in [5.41, 5.74) is -3.01. The lowest BCUT2D eigenvalue weighted by Crippen LogP contribution is -2.52. The molecule has 0 radical (unpaired) electrons. The molecule has 5 nitrogen and oxygen atoms in total. The summed E-state index contributed by atoms with van der Waals surface area (Å²) in [7, 11) is -3.30. The fraction of sp³-hybridized carbons (Fsp3) is 0.900. The number of hydrogen-bond donors (Lipinski definition) is 2. The van der Waals surface area contributed by atoms with Crippen molar-refractivity contribution in [3.8, 4) is 0 Å². The molecule has 1 fully saturated rings. The summed E-state index contributed by atoms with van der Waals surface area (Å²) in [4.78, 5) is 11.3. The minimum Gasteiger partial charge on any atom is -0.481 e. The maximum absolute atomic E-state index is 11.4. The first-order valence-corrected chi connectivity index (χ1v) is 7.15. The number of carboxylic acids is 1. The highest BCUT2D eigenvalue weighted by Crippen LogP contribution is 2.43. The Morgan fingerprint density at radius 2 is 2.06 bits per heavy atom. The first-order chi connectivity index (χ1) is 7.17. The zero-order valence-corrected chi connectivity index (χ0v) is 10.4. The van der Waals surface area contributed by atoms with Crippen molar-refractivity contribution in [2.24, 2.45) is 5.41 Å². The monoisotopic (exact) mass is 250 g/mol. The molecule has 0 bridgehead atoms. The maximum atomic E-state index is 11.4. The van der Waals surface area contributed by atoms with E-state index in [4.69, 9.17) is 0 Å². The maximum Gasteiger partial charge on any atom is 0.312 e. The van der Waals surface area contributed by atoms with Crippen LogP contribution in [0.2, 0.25) is 0 Å². The van der Waals surface area contributed by atoms with Gasteiger partial charge >= 0.3 is 5.97 Å². The fourth-order valence-electron chi connectivity index (χ4n) is 2.31. The van der Waals surface area contributed by atoms with Gasteiger partial charge in [0.25, 0.3) is 0 Å². The molecule has 0 aliphatic carbocycles. The van der Waals surface area contributed by atoms with E-state index >= 15 is 0 Å². The minimum absolute atomic E-state index is 0.0120.